The Balaban J connectivity index is 1.29. The van der Waals surface area contributed by atoms with Gasteiger partial charge in [-0.1, -0.05) is 31.4 Å². The van der Waals surface area contributed by atoms with Gasteiger partial charge >= 0.3 is 0 Å². The second-order valence-corrected chi connectivity index (χ2v) is 8.05. The molecule has 1 aliphatic carbocycles. The lowest BCUT2D eigenvalue weighted by Gasteiger charge is -2.23. The van der Waals surface area contributed by atoms with E-state index >= 15 is 0 Å². The molecule has 136 valence electrons. The summed E-state index contributed by atoms with van der Waals surface area (Å²) in [7, 11) is 0. The number of thiazole rings is 1. The summed E-state index contributed by atoms with van der Waals surface area (Å²) < 4.78 is 3.22. The molecule has 1 amide bonds. The molecule has 0 radical (unpaired) electrons. The molecule has 0 bridgehead atoms. The minimum atomic E-state index is 0.0590. The average Bonchev–Trinajstić information content (AvgIpc) is 3.28. The van der Waals surface area contributed by atoms with Gasteiger partial charge in [0.15, 0.2) is 0 Å². The van der Waals surface area contributed by atoms with E-state index in [0.29, 0.717) is 12.5 Å². The van der Waals surface area contributed by atoms with Crippen LogP contribution in [0.1, 0.15) is 56.0 Å². The summed E-state index contributed by atoms with van der Waals surface area (Å²) in [6, 6.07) is 10.5. The average molecular weight is 369 g/mol. The second kappa shape index (κ2) is 7.99. The molecule has 5 nitrogen and oxygen atoms in total. The van der Waals surface area contributed by atoms with Crippen LogP contribution in [0.4, 0.5) is 5.82 Å². The lowest BCUT2D eigenvalue weighted by molar-refractivity contribution is -0.116. The molecule has 1 aliphatic rings. The summed E-state index contributed by atoms with van der Waals surface area (Å²) in [6.07, 6.45) is 10.1. The highest BCUT2D eigenvalue weighted by Crippen LogP contribution is 2.30. The molecule has 1 N–H and O–H groups in total. The van der Waals surface area contributed by atoms with Gasteiger partial charge in [-0.05, 0) is 37.8 Å². The number of nitrogens with one attached hydrogen (secondary N) is 1. The Hall–Kier alpha value is -2.21. The van der Waals surface area contributed by atoms with Crippen molar-refractivity contribution in [3.63, 3.8) is 0 Å². The molecular formula is C20H24N4OS. The SMILES string of the molecule is O=C(CCCc1nc2ccccc2s1)Nc1ccnn1C1CCCCC1. The molecule has 3 aromatic rings. The van der Waals surface area contributed by atoms with Crippen molar-refractivity contribution >= 4 is 33.3 Å². The van der Waals surface area contributed by atoms with Crippen LogP contribution in [-0.4, -0.2) is 20.7 Å². The molecule has 0 atom stereocenters. The number of aromatic nitrogens is 3. The largest absolute Gasteiger partial charge is 0.311 e. The third-order valence-electron chi connectivity index (χ3n) is 4.99. The first-order valence-corrected chi connectivity index (χ1v) is 10.3. The maximum atomic E-state index is 12.3. The maximum Gasteiger partial charge on any atom is 0.225 e. The fourth-order valence-electron chi connectivity index (χ4n) is 3.66. The van der Waals surface area contributed by atoms with Gasteiger partial charge in [0.25, 0.3) is 0 Å². The molecule has 1 aromatic carbocycles. The van der Waals surface area contributed by atoms with E-state index in [1.165, 1.54) is 24.0 Å². The Kier molecular flexibility index (Phi) is 5.29. The predicted molar refractivity (Wildman–Crippen MR) is 106 cm³/mol. The molecule has 0 spiro atoms. The zero-order chi connectivity index (χ0) is 17.8. The number of hydrogen-bond acceptors (Lipinski definition) is 4. The van der Waals surface area contributed by atoms with E-state index in [2.05, 4.69) is 21.5 Å². The molecule has 2 aromatic heterocycles. The molecule has 1 saturated carbocycles. The number of carbonyl (C=O) groups excluding carboxylic acids is 1. The van der Waals surface area contributed by atoms with Crippen molar-refractivity contribution in [3.8, 4) is 0 Å². The summed E-state index contributed by atoms with van der Waals surface area (Å²) in [4.78, 5) is 17.0. The van der Waals surface area contributed by atoms with Crippen molar-refractivity contribution in [2.75, 3.05) is 5.32 Å². The van der Waals surface area contributed by atoms with Crippen LogP contribution in [0, 0.1) is 0 Å². The third-order valence-corrected chi connectivity index (χ3v) is 6.09. The van der Waals surface area contributed by atoms with Gasteiger partial charge in [-0.25, -0.2) is 9.67 Å². The first kappa shape index (κ1) is 17.2. The van der Waals surface area contributed by atoms with Crippen molar-refractivity contribution < 1.29 is 4.79 Å². The highest BCUT2D eigenvalue weighted by Gasteiger charge is 2.19. The minimum Gasteiger partial charge on any atom is -0.311 e. The number of hydrogen-bond donors (Lipinski definition) is 1. The Morgan fingerprint density at radius 1 is 1.19 bits per heavy atom. The number of carbonyl (C=O) groups is 1. The second-order valence-electron chi connectivity index (χ2n) is 6.93. The van der Waals surface area contributed by atoms with Crippen LogP contribution >= 0.6 is 11.3 Å². The summed E-state index contributed by atoms with van der Waals surface area (Å²) >= 11 is 1.72. The van der Waals surface area contributed by atoms with Crippen LogP contribution in [-0.2, 0) is 11.2 Å². The predicted octanol–water partition coefficient (Wildman–Crippen LogP) is 4.96. The van der Waals surface area contributed by atoms with Crippen LogP contribution < -0.4 is 5.32 Å². The number of aryl methyl sites for hydroxylation is 1. The van der Waals surface area contributed by atoms with Crippen molar-refractivity contribution in [1.29, 1.82) is 0 Å². The van der Waals surface area contributed by atoms with Crippen LogP contribution in [0.5, 0.6) is 0 Å². The minimum absolute atomic E-state index is 0.0590. The molecule has 4 rings (SSSR count). The number of para-hydroxylation sites is 1. The number of nitrogens with zero attached hydrogens (tertiary/aromatic N) is 3. The first-order valence-electron chi connectivity index (χ1n) is 9.47. The van der Waals surface area contributed by atoms with Gasteiger partial charge in [-0.3, -0.25) is 4.79 Å². The van der Waals surface area contributed by atoms with Gasteiger partial charge in [0.2, 0.25) is 5.91 Å². The van der Waals surface area contributed by atoms with E-state index in [9.17, 15) is 4.79 Å². The van der Waals surface area contributed by atoms with Crippen molar-refractivity contribution in [3.05, 3.63) is 41.5 Å². The van der Waals surface area contributed by atoms with Gasteiger partial charge in [0.05, 0.1) is 27.5 Å². The van der Waals surface area contributed by atoms with Gasteiger partial charge in [0.1, 0.15) is 5.82 Å². The number of amides is 1. The zero-order valence-corrected chi connectivity index (χ0v) is 15.7. The number of rotatable bonds is 6. The Bertz CT molecular complexity index is 846. The Labute approximate surface area is 157 Å². The van der Waals surface area contributed by atoms with Crippen LogP contribution in [0.3, 0.4) is 0 Å². The van der Waals surface area contributed by atoms with Crippen molar-refractivity contribution in [1.82, 2.24) is 14.8 Å². The molecule has 2 heterocycles. The molecule has 6 heteroatoms. The summed E-state index contributed by atoms with van der Waals surface area (Å²) in [5.74, 6) is 0.894. The number of anilines is 1. The highest BCUT2D eigenvalue weighted by molar-refractivity contribution is 7.18. The van der Waals surface area contributed by atoms with Crippen molar-refractivity contribution in [2.24, 2.45) is 0 Å². The van der Waals surface area contributed by atoms with Crippen LogP contribution in [0.2, 0.25) is 0 Å². The van der Waals surface area contributed by atoms with Gasteiger partial charge < -0.3 is 5.32 Å². The molecule has 0 unspecified atom stereocenters. The topological polar surface area (TPSA) is 59.8 Å². The molecule has 1 fully saturated rings. The molecule has 0 aliphatic heterocycles. The number of fused-ring (bicyclic) bond motifs is 1. The maximum absolute atomic E-state index is 12.3. The lowest BCUT2D eigenvalue weighted by atomic mass is 9.96. The zero-order valence-electron chi connectivity index (χ0n) is 14.9. The van der Waals surface area contributed by atoms with Crippen LogP contribution in [0.15, 0.2) is 36.5 Å². The van der Waals surface area contributed by atoms with Crippen molar-refractivity contribution in [2.45, 2.75) is 57.4 Å². The molecule has 0 saturated heterocycles. The van der Waals surface area contributed by atoms with E-state index in [0.717, 1.165) is 42.0 Å². The summed E-state index contributed by atoms with van der Waals surface area (Å²) in [6.45, 7) is 0. The summed E-state index contributed by atoms with van der Waals surface area (Å²) in [5.41, 5.74) is 1.05. The van der Waals surface area contributed by atoms with E-state index < -0.39 is 0 Å². The van der Waals surface area contributed by atoms with Gasteiger partial charge in [-0.15, -0.1) is 11.3 Å². The third kappa shape index (κ3) is 3.96. The fraction of sp³-hybridized carbons (Fsp3) is 0.450. The van der Waals surface area contributed by atoms with Crippen LogP contribution in [0.25, 0.3) is 10.2 Å². The Morgan fingerprint density at radius 3 is 2.88 bits per heavy atom. The first-order chi connectivity index (χ1) is 12.8. The van der Waals surface area contributed by atoms with E-state index in [4.69, 9.17) is 0 Å². The lowest BCUT2D eigenvalue weighted by Crippen LogP contribution is -2.20. The standard InChI is InChI=1S/C20H24N4OS/c25-19(11-6-12-20-22-16-9-4-5-10-17(16)26-20)23-18-13-14-21-24(18)15-7-2-1-3-8-15/h4-5,9-10,13-15H,1-3,6-8,11-12H2,(H,23,25). The van der Waals surface area contributed by atoms with Gasteiger partial charge in [-0.2, -0.15) is 5.10 Å². The highest BCUT2D eigenvalue weighted by atomic mass is 32.1. The van der Waals surface area contributed by atoms with Gasteiger partial charge in [0, 0.05) is 12.5 Å². The monoisotopic (exact) mass is 368 g/mol. The number of benzene rings is 1. The van der Waals surface area contributed by atoms with E-state index in [1.54, 1.807) is 17.5 Å². The quantitative estimate of drug-likeness (QED) is 0.669. The fourth-order valence-corrected chi connectivity index (χ4v) is 4.67. The van der Waals surface area contributed by atoms with E-state index in [1.807, 2.05) is 28.9 Å². The summed E-state index contributed by atoms with van der Waals surface area (Å²) in [5, 5.41) is 8.59. The van der Waals surface area contributed by atoms with E-state index in [-0.39, 0.29) is 5.91 Å². The molecular weight excluding hydrogens is 344 g/mol. The normalized spacial score (nSPS) is 15.4. The smallest absolute Gasteiger partial charge is 0.225 e. The Morgan fingerprint density at radius 2 is 2.04 bits per heavy atom. The molecule has 26 heavy (non-hydrogen) atoms.